The summed E-state index contributed by atoms with van der Waals surface area (Å²) in [6.45, 7) is 5.83. The molecule has 0 aliphatic heterocycles. The molecule has 0 amide bonds. The van der Waals surface area contributed by atoms with Crippen molar-refractivity contribution in [2.24, 2.45) is 0 Å². The molecule has 1 atom stereocenters. The molecule has 0 saturated heterocycles. The predicted octanol–water partition coefficient (Wildman–Crippen LogP) is 3.09. The number of hydrogen-bond donors (Lipinski definition) is 0. The summed E-state index contributed by atoms with van der Waals surface area (Å²) in [6, 6.07) is 5.72. The fraction of sp³-hybridized carbons (Fsp3) is 0.417. The average molecular weight is 227 g/mol. The van der Waals surface area contributed by atoms with E-state index in [1.54, 1.807) is 6.92 Å². The summed E-state index contributed by atoms with van der Waals surface area (Å²) < 4.78 is 5.08. The van der Waals surface area contributed by atoms with Gasteiger partial charge < -0.3 is 4.74 Å². The molecule has 3 heteroatoms. The van der Waals surface area contributed by atoms with Gasteiger partial charge in [-0.1, -0.05) is 18.2 Å². The molecule has 0 aliphatic carbocycles. The molecular formula is C12H15ClO2. The second-order valence-electron chi connectivity index (χ2n) is 3.65. The molecule has 1 aromatic carbocycles. The summed E-state index contributed by atoms with van der Waals surface area (Å²) in [5.41, 5.74) is 2.51. The predicted molar refractivity (Wildman–Crippen MR) is 61.5 cm³/mol. The van der Waals surface area contributed by atoms with Crippen LogP contribution in [0.4, 0.5) is 0 Å². The Labute approximate surface area is 95.2 Å². The number of hydrogen-bond acceptors (Lipinski definition) is 2. The SMILES string of the molecule is Cc1cccc(C)c1C(=O)OCC(C)Cl. The van der Waals surface area contributed by atoms with Gasteiger partial charge in [0, 0.05) is 0 Å². The van der Waals surface area contributed by atoms with Crippen LogP contribution in [0.5, 0.6) is 0 Å². The van der Waals surface area contributed by atoms with E-state index in [0.717, 1.165) is 11.1 Å². The first-order valence-electron chi connectivity index (χ1n) is 4.89. The molecule has 1 aromatic rings. The number of halogens is 1. The molecule has 0 N–H and O–H groups in total. The van der Waals surface area contributed by atoms with E-state index in [1.165, 1.54) is 0 Å². The molecule has 1 unspecified atom stereocenters. The number of benzene rings is 1. The molecule has 0 aromatic heterocycles. The lowest BCUT2D eigenvalue weighted by Gasteiger charge is -2.10. The van der Waals surface area contributed by atoms with Crippen LogP contribution in [0.1, 0.15) is 28.4 Å². The number of alkyl halides is 1. The Bertz CT molecular complexity index is 338. The molecule has 0 fully saturated rings. The first-order valence-corrected chi connectivity index (χ1v) is 5.33. The van der Waals surface area contributed by atoms with Gasteiger partial charge in [-0.3, -0.25) is 0 Å². The minimum absolute atomic E-state index is 0.154. The number of rotatable bonds is 3. The van der Waals surface area contributed by atoms with E-state index in [1.807, 2.05) is 32.0 Å². The summed E-state index contributed by atoms with van der Waals surface area (Å²) in [7, 11) is 0. The molecule has 0 saturated carbocycles. The maximum absolute atomic E-state index is 11.7. The molecule has 82 valence electrons. The highest BCUT2D eigenvalue weighted by molar-refractivity contribution is 6.20. The molecule has 0 bridgehead atoms. The van der Waals surface area contributed by atoms with Crippen LogP contribution in [0.25, 0.3) is 0 Å². The lowest BCUT2D eigenvalue weighted by molar-refractivity contribution is 0.0506. The molecule has 15 heavy (non-hydrogen) atoms. The van der Waals surface area contributed by atoms with E-state index >= 15 is 0 Å². The van der Waals surface area contributed by atoms with Crippen LogP contribution in [0, 0.1) is 13.8 Å². The van der Waals surface area contributed by atoms with Crippen molar-refractivity contribution in [2.75, 3.05) is 6.61 Å². The van der Waals surface area contributed by atoms with E-state index in [4.69, 9.17) is 16.3 Å². The zero-order chi connectivity index (χ0) is 11.4. The largest absolute Gasteiger partial charge is 0.461 e. The molecule has 2 nitrogen and oxygen atoms in total. The number of esters is 1. The van der Waals surface area contributed by atoms with Crippen molar-refractivity contribution in [3.63, 3.8) is 0 Å². The van der Waals surface area contributed by atoms with Crippen molar-refractivity contribution in [3.05, 3.63) is 34.9 Å². The highest BCUT2D eigenvalue weighted by atomic mass is 35.5. The van der Waals surface area contributed by atoms with E-state index in [2.05, 4.69) is 0 Å². The molecular weight excluding hydrogens is 212 g/mol. The number of carbonyl (C=O) groups is 1. The topological polar surface area (TPSA) is 26.3 Å². The minimum Gasteiger partial charge on any atom is -0.461 e. The maximum atomic E-state index is 11.7. The normalized spacial score (nSPS) is 12.3. The summed E-state index contributed by atoms with van der Waals surface area (Å²) >= 11 is 5.71. The van der Waals surface area contributed by atoms with Gasteiger partial charge in [-0.2, -0.15) is 0 Å². The first kappa shape index (κ1) is 12.1. The third-order valence-electron chi connectivity index (χ3n) is 2.13. The van der Waals surface area contributed by atoms with E-state index < -0.39 is 0 Å². The van der Waals surface area contributed by atoms with Crippen LogP contribution < -0.4 is 0 Å². The summed E-state index contributed by atoms with van der Waals surface area (Å²) in [5, 5.41) is -0.154. The second-order valence-corrected chi connectivity index (χ2v) is 4.39. The van der Waals surface area contributed by atoms with Gasteiger partial charge in [0.05, 0.1) is 10.9 Å². The van der Waals surface area contributed by atoms with Crippen molar-refractivity contribution >= 4 is 17.6 Å². The van der Waals surface area contributed by atoms with Crippen molar-refractivity contribution in [1.82, 2.24) is 0 Å². The molecule has 0 heterocycles. The van der Waals surface area contributed by atoms with Crippen LogP contribution in [0.3, 0.4) is 0 Å². The third-order valence-corrected chi connectivity index (χ3v) is 2.26. The lowest BCUT2D eigenvalue weighted by atomic mass is 10.0. The summed E-state index contributed by atoms with van der Waals surface area (Å²) in [6.07, 6.45) is 0. The maximum Gasteiger partial charge on any atom is 0.338 e. The van der Waals surface area contributed by atoms with E-state index in [0.29, 0.717) is 5.56 Å². The highest BCUT2D eigenvalue weighted by Gasteiger charge is 2.13. The Morgan fingerprint density at radius 1 is 1.40 bits per heavy atom. The Morgan fingerprint density at radius 2 is 1.93 bits per heavy atom. The smallest absolute Gasteiger partial charge is 0.338 e. The summed E-state index contributed by atoms with van der Waals surface area (Å²) in [5.74, 6) is -0.293. The quantitative estimate of drug-likeness (QED) is 0.585. The third kappa shape index (κ3) is 3.24. The Balaban J connectivity index is 2.82. The molecule has 1 rings (SSSR count). The zero-order valence-electron chi connectivity index (χ0n) is 9.21. The van der Waals surface area contributed by atoms with Crippen molar-refractivity contribution in [3.8, 4) is 0 Å². The molecule has 0 spiro atoms. The summed E-state index contributed by atoms with van der Waals surface area (Å²) in [4.78, 5) is 11.7. The Morgan fingerprint density at radius 3 is 2.40 bits per heavy atom. The van der Waals surface area contributed by atoms with Gasteiger partial charge in [-0.05, 0) is 31.9 Å². The molecule has 0 radical (unpaired) electrons. The average Bonchev–Trinajstić information content (AvgIpc) is 2.14. The van der Waals surface area contributed by atoms with Crippen molar-refractivity contribution < 1.29 is 9.53 Å². The fourth-order valence-electron chi connectivity index (χ4n) is 1.40. The van der Waals surface area contributed by atoms with Crippen LogP contribution >= 0.6 is 11.6 Å². The van der Waals surface area contributed by atoms with Crippen molar-refractivity contribution in [1.29, 1.82) is 0 Å². The van der Waals surface area contributed by atoms with Gasteiger partial charge in [-0.15, -0.1) is 11.6 Å². The highest BCUT2D eigenvalue weighted by Crippen LogP contribution is 2.14. The van der Waals surface area contributed by atoms with Crippen LogP contribution in [-0.4, -0.2) is 18.0 Å². The standard InChI is InChI=1S/C12H15ClO2/c1-8-5-4-6-9(2)11(8)12(14)15-7-10(3)13/h4-6,10H,7H2,1-3H3. The monoisotopic (exact) mass is 226 g/mol. The van der Waals surface area contributed by atoms with E-state index in [9.17, 15) is 4.79 Å². The van der Waals surface area contributed by atoms with E-state index in [-0.39, 0.29) is 18.0 Å². The first-order chi connectivity index (χ1) is 7.02. The van der Waals surface area contributed by atoms with Crippen LogP contribution in [-0.2, 0) is 4.74 Å². The van der Waals surface area contributed by atoms with Gasteiger partial charge in [0.2, 0.25) is 0 Å². The second kappa shape index (κ2) is 5.17. The molecule has 0 aliphatic rings. The van der Waals surface area contributed by atoms with Crippen molar-refractivity contribution in [2.45, 2.75) is 26.1 Å². The van der Waals surface area contributed by atoms with Crippen LogP contribution in [0.15, 0.2) is 18.2 Å². The number of carbonyl (C=O) groups excluding carboxylic acids is 1. The zero-order valence-corrected chi connectivity index (χ0v) is 9.97. The Kier molecular flexibility index (Phi) is 4.15. The number of aryl methyl sites for hydroxylation is 2. The van der Waals surface area contributed by atoms with Gasteiger partial charge in [-0.25, -0.2) is 4.79 Å². The lowest BCUT2D eigenvalue weighted by Crippen LogP contribution is -2.14. The fourth-order valence-corrected chi connectivity index (χ4v) is 1.46. The van der Waals surface area contributed by atoms with Gasteiger partial charge in [0.1, 0.15) is 6.61 Å². The Hall–Kier alpha value is -1.02. The number of ether oxygens (including phenoxy) is 1. The van der Waals surface area contributed by atoms with Gasteiger partial charge in [0.25, 0.3) is 0 Å². The van der Waals surface area contributed by atoms with Crippen LogP contribution in [0.2, 0.25) is 0 Å². The van der Waals surface area contributed by atoms with Gasteiger partial charge in [0.15, 0.2) is 0 Å². The van der Waals surface area contributed by atoms with Gasteiger partial charge >= 0.3 is 5.97 Å². The minimum atomic E-state index is -0.293.